The van der Waals surface area contributed by atoms with Gasteiger partial charge in [-0.2, -0.15) is 0 Å². The molecule has 1 N–H and O–H groups in total. The molecule has 0 fully saturated rings. The van der Waals surface area contributed by atoms with E-state index in [1.54, 1.807) is 0 Å². The molecule has 0 aliphatic heterocycles. The largest absolute Gasteiger partial charge is 0.437 e. The average molecular weight is 220 g/mol. The van der Waals surface area contributed by atoms with Crippen LogP contribution in [0.4, 0.5) is 0 Å². The monoisotopic (exact) mass is 220 g/mol. The summed E-state index contributed by atoms with van der Waals surface area (Å²) in [5, 5.41) is -0.00387. The first-order chi connectivity index (χ1) is 7.26. The van der Waals surface area contributed by atoms with Crippen LogP contribution in [-0.4, -0.2) is 14.6 Å². The van der Waals surface area contributed by atoms with Crippen molar-refractivity contribution in [3.8, 4) is 0 Å². The zero-order valence-electron chi connectivity index (χ0n) is 9.45. The minimum atomic E-state index is -1.05. The lowest BCUT2D eigenvalue weighted by molar-refractivity contribution is 0.501. The fourth-order valence-corrected chi connectivity index (χ4v) is 3.00. The van der Waals surface area contributed by atoms with E-state index in [1.807, 2.05) is 24.3 Å². The van der Waals surface area contributed by atoms with Gasteiger partial charge in [-0.3, -0.25) is 0 Å². The normalized spacial score (nSPS) is 15.3. The van der Waals surface area contributed by atoms with Crippen LogP contribution in [0.3, 0.4) is 0 Å². The number of rotatable bonds is 6. The first-order valence-corrected chi connectivity index (χ1v) is 6.88. The van der Waals surface area contributed by atoms with Crippen molar-refractivity contribution in [2.45, 2.75) is 31.2 Å². The molecule has 0 spiro atoms. The lowest BCUT2D eigenvalue weighted by Gasteiger charge is -2.27. The summed E-state index contributed by atoms with van der Waals surface area (Å²) in [6.07, 6.45) is 5.06. The Morgan fingerprint density at radius 3 is 2.53 bits per heavy atom. The maximum Gasteiger partial charge on any atom is 0.166 e. The lowest BCUT2D eigenvalue weighted by atomic mass is 9.94. The van der Waals surface area contributed by atoms with E-state index in [9.17, 15) is 4.80 Å². The molecule has 1 rings (SSSR count). The smallest absolute Gasteiger partial charge is 0.166 e. The van der Waals surface area contributed by atoms with Crippen molar-refractivity contribution in [1.29, 1.82) is 0 Å². The maximum absolute atomic E-state index is 9.64. The van der Waals surface area contributed by atoms with Crippen molar-refractivity contribution in [2.24, 2.45) is 0 Å². The van der Waals surface area contributed by atoms with E-state index in [1.165, 1.54) is 5.56 Å². The summed E-state index contributed by atoms with van der Waals surface area (Å²) in [6, 6.07) is 10.4. The number of hydrogen-bond donors (Lipinski definition) is 1. The van der Waals surface area contributed by atoms with Crippen LogP contribution in [0, 0.1) is 0 Å². The summed E-state index contributed by atoms with van der Waals surface area (Å²) in [5.74, 6) is 0. The molecule has 0 radical (unpaired) electrons. The van der Waals surface area contributed by atoms with Crippen LogP contribution in [-0.2, 0) is 6.42 Å². The summed E-state index contributed by atoms with van der Waals surface area (Å²) >= 11 is 0. The minimum absolute atomic E-state index is 0.00387. The van der Waals surface area contributed by atoms with E-state index < -0.39 is 9.76 Å². The molecule has 0 heterocycles. The molecule has 0 aliphatic rings. The number of hydrogen-bond acceptors (Lipinski definition) is 1. The van der Waals surface area contributed by atoms with E-state index in [0.717, 1.165) is 19.3 Å². The Hall–Kier alpha value is -0.863. The van der Waals surface area contributed by atoms with Gasteiger partial charge in [0.15, 0.2) is 9.76 Å². The summed E-state index contributed by atoms with van der Waals surface area (Å²) in [6.45, 7) is 6.05. The molecule has 1 nitrogen and oxygen atoms in total. The molecule has 1 aromatic carbocycles. The van der Waals surface area contributed by atoms with Crippen LogP contribution in [0.25, 0.3) is 0 Å². The highest BCUT2D eigenvalue weighted by atomic mass is 28.2. The second kappa shape index (κ2) is 5.88. The maximum atomic E-state index is 9.64. The topological polar surface area (TPSA) is 20.2 Å². The third-order valence-electron chi connectivity index (χ3n) is 2.89. The molecule has 0 saturated heterocycles. The van der Waals surface area contributed by atoms with Crippen LogP contribution in [0.1, 0.15) is 25.3 Å². The van der Waals surface area contributed by atoms with Gasteiger partial charge in [0.05, 0.1) is 0 Å². The Kier molecular flexibility index (Phi) is 4.79. The number of allylic oxidation sites excluding steroid dienone is 1. The number of benzene rings is 1. The average Bonchev–Trinajstić information content (AvgIpc) is 2.30. The van der Waals surface area contributed by atoms with Gasteiger partial charge < -0.3 is 4.80 Å². The van der Waals surface area contributed by atoms with Crippen LogP contribution >= 0.6 is 0 Å². The molecule has 82 valence electrons. The Morgan fingerprint density at radius 1 is 1.40 bits per heavy atom. The third-order valence-corrected chi connectivity index (χ3v) is 4.42. The van der Waals surface area contributed by atoms with E-state index >= 15 is 0 Å². The summed E-state index contributed by atoms with van der Waals surface area (Å²) < 4.78 is 0. The van der Waals surface area contributed by atoms with Gasteiger partial charge in [-0.1, -0.05) is 49.8 Å². The van der Waals surface area contributed by atoms with Crippen molar-refractivity contribution < 1.29 is 4.80 Å². The molecule has 0 aliphatic carbocycles. The molecule has 2 heteroatoms. The van der Waals surface area contributed by atoms with Crippen LogP contribution in [0.5, 0.6) is 0 Å². The van der Waals surface area contributed by atoms with Gasteiger partial charge in [0.1, 0.15) is 0 Å². The van der Waals surface area contributed by atoms with Gasteiger partial charge in [-0.15, -0.1) is 6.58 Å². The summed E-state index contributed by atoms with van der Waals surface area (Å²) in [7, 11) is -1.05. The zero-order chi connectivity index (χ0) is 11.1. The predicted octanol–water partition coefficient (Wildman–Crippen LogP) is 2.45. The van der Waals surface area contributed by atoms with E-state index in [2.05, 4.69) is 25.6 Å². The van der Waals surface area contributed by atoms with Crippen molar-refractivity contribution >= 4 is 9.76 Å². The fourth-order valence-electron chi connectivity index (χ4n) is 1.96. The second-order valence-electron chi connectivity index (χ2n) is 4.14. The molecular formula is C13H20OSi. The van der Waals surface area contributed by atoms with Gasteiger partial charge in [0.25, 0.3) is 0 Å². The fraction of sp³-hybridized carbons (Fsp3) is 0.385. The van der Waals surface area contributed by atoms with Crippen LogP contribution < -0.4 is 0 Å². The molecule has 0 aromatic heterocycles. The van der Waals surface area contributed by atoms with Crippen molar-refractivity contribution in [3.63, 3.8) is 0 Å². The molecular weight excluding hydrogens is 200 g/mol. The quantitative estimate of drug-likeness (QED) is 0.577. The van der Waals surface area contributed by atoms with Crippen molar-refractivity contribution in [3.05, 3.63) is 48.6 Å². The highest BCUT2D eigenvalue weighted by molar-refractivity contribution is 6.31. The molecule has 15 heavy (non-hydrogen) atoms. The Bertz CT molecular complexity index is 297. The highest BCUT2D eigenvalue weighted by Crippen LogP contribution is 2.35. The van der Waals surface area contributed by atoms with E-state index in [0.29, 0.717) is 0 Å². The van der Waals surface area contributed by atoms with Crippen LogP contribution in [0.2, 0.25) is 5.04 Å². The van der Waals surface area contributed by atoms with E-state index in [-0.39, 0.29) is 5.04 Å². The first kappa shape index (κ1) is 12.2. The predicted molar refractivity (Wildman–Crippen MR) is 68.7 cm³/mol. The van der Waals surface area contributed by atoms with Gasteiger partial charge in [0, 0.05) is 5.04 Å². The summed E-state index contributed by atoms with van der Waals surface area (Å²) in [4.78, 5) is 9.64. The first-order valence-electron chi connectivity index (χ1n) is 5.55. The highest BCUT2D eigenvalue weighted by Gasteiger charge is 2.25. The standard InChI is InChI=1S/C13H20OSi/c1-3-10-13(4-2,15-14)11-12-8-6-5-7-9-12/h4-9,14H,2-3,10-11,15H2,1H3. The summed E-state index contributed by atoms with van der Waals surface area (Å²) in [5.41, 5.74) is 1.30. The van der Waals surface area contributed by atoms with Gasteiger partial charge in [-0.25, -0.2) is 0 Å². The zero-order valence-corrected chi connectivity index (χ0v) is 10.9. The van der Waals surface area contributed by atoms with Gasteiger partial charge in [0.2, 0.25) is 0 Å². The Labute approximate surface area is 94.8 Å². The van der Waals surface area contributed by atoms with Crippen molar-refractivity contribution in [1.82, 2.24) is 0 Å². The minimum Gasteiger partial charge on any atom is -0.437 e. The lowest BCUT2D eigenvalue weighted by Crippen LogP contribution is -2.20. The van der Waals surface area contributed by atoms with E-state index in [4.69, 9.17) is 0 Å². The molecule has 1 atom stereocenters. The Balaban J connectivity index is 2.78. The van der Waals surface area contributed by atoms with Crippen molar-refractivity contribution in [2.75, 3.05) is 0 Å². The SMILES string of the molecule is C=CC(CCC)(Cc1ccccc1)[SiH2]O. The second-order valence-corrected chi connectivity index (χ2v) is 5.86. The van der Waals surface area contributed by atoms with Gasteiger partial charge in [-0.05, 0) is 18.4 Å². The van der Waals surface area contributed by atoms with Crippen LogP contribution in [0.15, 0.2) is 43.0 Å². The molecule has 1 aromatic rings. The molecule has 0 amide bonds. The molecule has 1 unspecified atom stereocenters. The van der Waals surface area contributed by atoms with Gasteiger partial charge >= 0.3 is 0 Å². The Morgan fingerprint density at radius 2 is 2.07 bits per heavy atom. The molecule has 0 bridgehead atoms. The third kappa shape index (κ3) is 3.32. The molecule has 0 saturated carbocycles.